The summed E-state index contributed by atoms with van der Waals surface area (Å²) in [5, 5.41) is 12.2. The van der Waals surface area contributed by atoms with E-state index in [-0.39, 0.29) is 0 Å². The fraction of sp³-hybridized carbons (Fsp3) is 0.188. The number of halogens is 1. The van der Waals surface area contributed by atoms with Crippen LogP contribution in [0.15, 0.2) is 34.8 Å². The first-order valence-electron chi connectivity index (χ1n) is 6.65. The summed E-state index contributed by atoms with van der Waals surface area (Å²) >= 11 is 3.53. The third kappa shape index (κ3) is 2.81. The molecule has 21 heavy (non-hydrogen) atoms. The van der Waals surface area contributed by atoms with Gasteiger partial charge in [0.15, 0.2) is 0 Å². The summed E-state index contributed by atoms with van der Waals surface area (Å²) in [4.78, 5) is 0. The molecule has 5 heteroatoms. The maximum absolute atomic E-state index is 8.85. The Balaban J connectivity index is 1.81. The molecule has 3 rings (SSSR count). The molecule has 0 atom stereocenters. The predicted molar refractivity (Wildman–Crippen MR) is 86.2 cm³/mol. The van der Waals surface area contributed by atoms with Crippen LogP contribution in [0.5, 0.6) is 5.75 Å². The fourth-order valence-electron chi connectivity index (χ4n) is 2.46. The van der Waals surface area contributed by atoms with E-state index in [1.807, 2.05) is 6.07 Å². The standard InChI is InChI=1S/C16H14BrN3O/c17-13-6-11-3-4-21-16(11)12(7-13)9-20-15-2-1-10(8-18)5-14(15)19/h1-2,5-7,20H,3-4,9,19H2. The highest BCUT2D eigenvalue weighted by Gasteiger charge is 2.17. The van der Waals surface area contributed by atoms with Crippen molar-refractivity contribution < 1.29 is 4.74 Å². The molecular weight excluding hydrogens is 330 g/mol. The van der Waals surface area contributed by atoms with Crippen molar-refractivity contribution in [3.63, 3.8) is 0 Å². The molecule has 106 valence electrons. The van der Waals surface area contributed by atoms with Gasteiger partial charge in [0.2, 0.25) is 0 Å². The number of rotatable bonds is 3. The molecule has 1 heterocycles. The molecular formula is C16H14BrN3O. The zero-order valence-electron chi connectivity index (χ0n) is 11.3. The summed E-state index contributed by atoms with van der Waals surface area (Å²) in [7, 11) is 0. The minimum Gasteiger partial charge on any atom is -0.493 e. The van der Waals surface area contributed by atoms with Crippen LogP contribution in [0.4, 0.5) is 11.4 Å². The summed E-state index contributed by atoms with van der Waals surface area (Å²) in [6, 6.07) is 11.5. The van der Waals surface area contributed by atoms with Crippen molar-refractivity contribution in [3.05, 3.63) is 51.5 Å². The summed E-state index contributed by atoms with van der Waals surface area (Å²) in [6.07, 6.45) is 0.945. The van der Waals surface area contributed by atoms with Crippen LogP contribution >= 0.6 is 15.9 Å². The molecule has 0 unspecified atom stereocenters. The first-order valence-corrected chi connectivity index (χ1v) is 7.44. The highest BCUT2D eigenvalue weighted by molar-refractivity contribution is 9.10. The number of hydrogen-bond donors (Lipinski definition) is 2. The van der Waals surface area contributed by atoms with Crippen LogP contribution in [0, 0.1) is 11.3 Å². The van der Waals surface area contributed by atoms with Crippen molar-refractivity contribution in [1.82, 2.24) is 0 Å². The number of anilines is 2. The minimum absolute atomic E-state index is 0.560. The van der Waals surface area contributed by atoms with E-state index in [9.17, 15) is 0 Å². The number of hydrogen-bond acceptors (Lipinski definition) is 4. The summed E-state index contributed by atoms with van der Waals surface area (Å²) < 4.78 is 6.76. The third-order valence-corrected chi connectivity index (χ3v) is 3.93. The Morgan fingerprint density at radius 3 is 2.95 bits per heavy atom. The Hall–Kier alpha value is -2.19. The van der Waals surface area contributed by atoms with Crippen molar-refractivity contribution in [3.8, 4) is 11.8 Å². The zero-order chi connectivity index (χ0) is 14.8. The molecule has 0 radical (unpaired) electrons. The fourth-order valence-corrected chi connectivity index (χ4v) is 3.01. The van der Waals surface area contributed by atoms with Gasteiger partial charge in [-0.1, -0.05) is 15.9 Å². The monoisotopic (exact) mass is 343 g/mol. The number of nitrogens with one attached hydrogen (secondary N) is 1. The van der Waals surface area contributed by atoms with Crippen LogP contribution in [0.1, 0.15) is 16.7 Å². The Bertz CT molecular complexity index is 737. The van der Waals surface area contributed by atoms with Gasteiger partial charge in [0.1, 0.15) is 5.75 Å². The molecule has 0 bridgehead atoms. The summed E-state index contributed by atoms with van der Waals surface area (Å²) in [5.74, 6) is 0.970. The van der Waals surface area contributed by atoms with E-state index in [0.29, 0.717) is 17.8 Å². The van der Waals surface area contributed by atoms with Crippen LogP contribution in [0.3, 0.4) is 0 Å². The SMILES string of the molecule is N#Cc1ccc(NCc2cc(Br)cc3c2OCC3)c(N)c1. The van der Waals surface area contributed by atoms with Gasteiger partial charge in [-0.2, -0.15) is 5.26 Å². The van der Waals surface area contributed by atoms with Crippen molar-refractivity contribution in [2.75, 3.05) is 17.7 Å². The second-order valence-electron chi connectivity index (χ2n) is 4.92. The lowest BCUT2D eigenvalue weighted by atomic mass is 10.1. The van der Waals surface area contributed by atoms with E-state index in [1.54, 1.807) is 12.1 Å². The second kappa shape index (κ2) is 5.66. The topological polar surface area (TPSA) is 71.1 Å². The number of nitrogens with two attached hydrogens (primary N) is 1. The molecule has 1 aliphatic heterocycles. The lowest BCUT2D eigenvalue weighted by Gasteiger charge is -2.13. The minimum atomic E-state index is 0.560. The number of fused-ring (bicyclic) bond motifs is 1. The van der Waals surface area contributed by atoms with E-state index in [4.69, 9.17) is 15.7 Å². The Labute approximate surface area is 131 Å². The van der Waals surface area contributed by atoms with E-state index < -0.39 is 0 Å². The lowest BCUT2D eigenvalue weighted by Crippen LogP contribution is -2.04. The molecule has 0 saturated heterocycles. The normalized spacial score (nSPS) is 12.4. The molecule has 4 nitrogen and oxygen atoms in total. The molecule has 0 aliphatic carbocycles. The van der Waals surface area contributed by atoms with Crippen molar-refractivity contribution >= 4 is 27.3 Å². The number of benzene rings is 2. The number of nitrogen functional groups attached to an aromatic ring is 1. The Kier molecular flexibility index (Phi) is 3.72. The maximum atomic E-state index is 8.85. The molecule has 0 saturated carbocycles. The molecule has 2 aromatic rings. The van der Waals surface area contributed by atoms with E-state index in [0.717, 1.165) is 34.5 Å². The molecule has 2 aromatic carbocycles. The molecule has 3 N–H and O–H groups in total. The molecule has 0 spiro atoms. The van der Waals surface area contributed by atoms with Crippen molar-refractivity contribution in [2.45, 2.75) is 13.0 Å². The largest absolute Gasteiger partial charge is 0.493 e. The van der Waals surface area contributed by atoms with Crippen molar-refractivity contribution in [1.29, 1.82) is 5.26 Å². The van der Waals surface area contributed by atoms with Gasteiger partial charge < -0.3 is 15.8 Å². The Morgan fingerprint density at radius 2 is 2.19 bits per heavy atom. The molecule has 0 fully saturated rings. The van der Waals surface area contributed by atoms with Gasteiger partial charge in [0.25, 0.3) is 0 Å². The quantitative estimate of drug-likeness (QED) is 0.837. The average molecular weight is 344 g/mol. The van der Waals surface area contributed by atoms with Crippen LogP contribution in [-0.4, -0.2) is 6.61 Å². The molecule has 1 aliphatic rings. The third-order valence-electron chi connectivity index (χ3n) is 3.48. The van der Waals surface area contributed by atoms with Gasteiger partial charge in [0, 0.05) is 23.0 Å². The van der Waals surface area contributed by atoms with Gasteiger partial charge in [-0.15, -0.1) is 0 Å². The van der Waals surface area contributed by atoms with E-state index in [2.05, 4.69) is 39.4 Å². The van der Waals surface area contributed by atoms with Crippen LogP contribution in [0.25, 0.3) is 0 Å². The summed E-state index contributed by atoms with van der Waals surface area (Å²) in [6.45, 7) is 1.36. The van der Waals surface area contributed by atoms with Crippen molar-refractivity contribution in [2.24, 2.45) is 0 Å². The predicted octanol–water partition coefficient (Wildman–Crippen LogP) is 3.45. The second-order valence-corrected chi connectivity index (χ2v) is 5.83. The first kappa shape index (κ1) is 13.8. The first-order chi connectivity index (χ1) is 10.2. The van der Waals surface area contributed by atoms with Gasteiger partial charge in [-0.25, -0.2) is 0 Å². The van der Waals surface area contributed by atoms with Crippen LogP contribution < -0.4 is 15.8 Å². The highest BCUT2D eigenvalue weighted by atomic mass is 79.9. The number of nitrogens with zero attached hydrogens (tertiary/aromatic N) is 1. The molecule has 0 amide bonds. The smallest absolute Gasteiger partial charge is 0.127 e. The average Bonchev–Trinajstić information content (AvgIpc) is 2.93. The van der Waals surface area contributed by atoms with Gasteiger partial charge in [-0.3, -0.25) is 0 Å². The van der Waals surface area contributed by atoms with Crippen LogP contribution in [-0.2, 0) is 13.0 Å². The lowest BCUT2D eigenvalue weighted by molar-refractivity contribution is 0.354. The van der Waals surface area contributed by atoms with E-state index >= 15 is 0 Å². The van der Waals surface area contributed by atoms with Gasteiger partial charge in [-0.05, 0) is 35.9 Å². The number of nitriles is 1. The highest BCUT2D eigenvalue weighted by Crippen LogP contribution is 2.33. The number of ether oxygens (including phenoxy) is 1. The van der Waals surface area contributed by atoms with E-state index in [1.165, 1.54) is 5.56 Å². The van der Waals surface area contributed by atoms with Crippen LogP contribution in [0.2, 0.25) is 0 Å². The Morgan fingerprint density at radius 1 is 1.33 bits per heavy atom. The maximum Gasteiger partial charge on any atom is 0.127 e. The summed E-state index contributed by atoms with van der Waals surface area (Å²) in [5.41, 5.74) is 10.2. The van der Waals surface area contributed by atoms with Gasteiger partial charge >= 0.3 is 0 Å². The molecule has 0 aromatic heterocycles. The zero-order valence-corrected chi connectivity index (χ0v) is 12.9. The van der Waals surface area contributed by atoms with Gasteiger partial charge in [0.05, 0.1) is 29.6 Å².